The molecule has 2 rings (SSSR count). The van der Waals surface area contributed by atoms with Gasteiger partial charge in [0.15, 0.2) is 0 Å². The van der Waals surface area contributed by atoms with Crippen LogP contribution in [0.5, 0.6) is 0 Å². The number of nitrogens with zero attached hydrogens (tertiary/aromatic N) is 1. The second-order valence-electron chi connectivity index (χ2n) is 4.95. The number of amides is 1. The largest absolute Gasteiger partial charge is 0.481 e. The summed E-state index contributed by atoms with van der Waals surface area (Å²) in [5.74, 6) is -0.995. The van der Waals surface area contributed by atoms with Crippen molar-refractivity contribution in [1.82, 2.24) is 10.3 Å². The number of rotatable bonds is 6. The molecule has 1 fully saturated rings. The number of aromatic nitrogens is 1. The van der Waals surface area contributed by atoms with Crippen molar-refractivity contribution in [1.29, 1.82) is 0 Å². The van der Waals surface area contributed by atoms with E-state index in [1.165, 1.54) is 11.3 Å². The summed E-state index contributed by atoms with van der Waals surface area (Å²) in [5.41, 5.74) is 1.74. The molecule has 1 saturated heterocycles. The van der Waals surface area contributed by atoms with Crippen LogP contribution in [0.3, 0.4) is 0 Å². The molecule has 0 aromatic carbocycles. The summed E-state index contributed by atoms with van der Waals surface area (Å²) in [7, 11) is 0. The van der Waals surface area contributed by atoms with Crippen molar-refractivity contribution in [3.63, 3.8) is 0 Å². The summed E-state index contributed by atoms with van der Waals surface area (Å²) in [5, 5.41) is 14.0. The number of thiazole rings is 1. The molecule has 1 aromatic rings. The highest BCUT2D eigenvalue weighted by Crippen LogP contribution is 2.30. The molecule has 1 amide bonds. The minimum absolute atomic E-state index is 0.134. The molecule has 0 aliphatic carbocycles. The molecule has 0 unspecified atom stereocenters. The fourth-order valence-electron chi connectivity index (χ4n) is 2.19. The maximum Gasteiger partial charge on any atom is 0.311 e. The highest BCUT2D eigenvalue weighted by molar-refractivity contribution is 7.07. The average molecular weight is 298 g/mol. The van der Waals surface area contributed by atoms with Gasteiger partial charge in [-0.1, -0.05) is 0 Å². The van der Waals surface area contributed by atoms with Crippen LogP contribution in [-0.4, -0.2) is 41.7 Å². The van der Waals surface area contributed by atoms with E-state index in [4.69, 9.17) is 4.74 Å². The first-order chi connectivity index (χ1) is 9.62. The van der Waals surface area contributed by atoms with Gasteiger partial charge < -0.3 is 15.2 Å². The Morgan fingerprint density at radius 1 is 1.45 bits per heavy atom. The maximum absolute atomic E-state index is 11.8. The fourth-order valence-corrected chi connectivity index (χ4v) is 2.78. The minimum atomic E-state index is -0.880. The monoisotopic (exact) mass is 298 g/mol. The second kappa shape index (κ2) is 6.81. The van der Waals surface area contributed by atoms with E-state index in [0.29, 0.717) is 38.9 Å². The zero-order valence-corrected chi connectivity index (χ0v) is 11.9. The third kappa shape index (κ3) is 3.77. The summed E-state index contributed by atoms with van der Waals surface area (Å²) in [6.07, 6.45) is 1.79. The van der Waals surface area contributed by atoms with Crippen LogP contribution in [0.1, 0.15) is 25.0 Å². The van der Waals surface area contributed by atoms with Gasteiger partial charge in [0.2, 0.25) is 5.91 Å². The molecule has 0 bridgehead atoms. The molecule has 2 N–H and O–H groups in total. The summed E-state index contributed by atoms with van der Waals surface area (Å²) >= 11 is 1.50. The lowest BCUT2D eigenvalue weighted by Crippen LogP contribution is -2.46. The number of carboxylic acids is 1. The SMILES string of the molecule is O=C(CCc1cscn1)NCC1(C(=O)O)CCOCC1. The Morgan fingerprint density at radius 2 is 2.20 bits per heavy atom. The number of carbonyl (C=O) groups is 2. The average Bonchev–Trinajstić information content (AvgIpc) is 2.97. The topological polar surface area (TPSA) is 88.5 Å². The Balaban J connectivity index is 1.80. The van der Waals surface area contributed by atoms with Gasteiger partial charge in [-0.15, -0.1) is 11.3 Å². The molecule has 1 aliphatic heterocycles. The minimum Gasteiger partial charge on any atom is -0.481 e. The highest BCUT2D eigenvalue weighted by Gasteiger charge is 2.40. The lowest BCUT2D eigenvalue weighted by atomic mass is 9.80. The number of aryl methyl sites for hydroxylation is 1. The second-order valence-corrected chi connectivity index (χ2v) is 5.67. The zero-order valence-electron chi connectivity index (χ0n) is 11.1. The van der Waals surface area contributed by atoms with Gasteiger partial charge in [0.1, 0.15) is 0 Å². The van der Waals surface area contributed by atoms with Crippen LogP contribution < -0.4 is 5.32 Å². The molecule has 1 aromatic heterocycles. The van der Waals surface area contributed by atoms with E-state index in [2.05, 4.69) is 10.3 Å². The molecule has 110 valence electrons. The Kier molecular flexibility index (Phi) is 5.08. The number of hydrogen-bond acceptors (Lipinski definition) is 5. The molecule has 7 heteroatoms. The molecular formula is C13H18N2O4S. The number of hydrogen-bond donors (Lipinski definition) is 2. The molecule has 0 radical (unpaired) electrons. The Bertz CT molecular complexity index is 455. The van der Waals surface area contributed by atoms with Crippen molar-refractivity contribution < 1.29 is 19.4 Å². The highest BCUT2D eigenvalue weighted by atomic mass is 32.1. The maximum atomic E-state index is 11.8. The molecular weight excluding hydrogens is 280 g/mol. The Morgan fingerprint density at radius 3 is 2.80 bits per heavy atom. The fraction of sp³-hybridized carbons (Fsp3) is 0.615. The lowest BCUT2D eigenvalue weighted by Gasteiger charge is -2.33. The van der Waals surface area contributed by atoms with E-state index in [0.717, 1.165) is 5.69 Å². The van der Waals surface area contributed by atoms with Crippen LogP contribution in [0, 0.1) is 5.41 Å². The van der Waals surface area contributed by atoms with Crippen molar-refractivity contribution in [2.75, 3.05) is 19.8 Å². The van der Waals surface area contributed by atoms with Crippen LogP contribution in [0.15, 0.2) is 10.9 Å². The van der Waals surface area contributed by atoms with Gasteiger partial charge >= 0.3 is 5.97 Å². The van der Waals surface area contributed by atoms with E-state index < -0.39 is 11.4 Å². The first-order valence-corrected chi connectivity index (χ1v) is 7.52. The first kappa shape index (κ1) is 14.9. The van der Waals surface area contributed by atoms with Gasteiger partial charge in [-0.05, 0) is 19.3 Å². The van der Waals surface area contributed by atoms with Crippen LogP contribution in [-0.2, 0) is 20.7 Å². The van der Waals surface area contributed by atoms with E-state index in [9.17, 15) is 14.7 Å². The summed E-state index contributed by atoms with van der Waals surface area (Å²) in [6.45, 7) is 1.03. The zero-order chi connectivity index (χ0) is 14.4. The molecule has 20 heavy (non-hydrogen) atoms. The van der Waals surface area contributed by atoms with Crippen LogP contribution >= 0.6 is 11.3 Å². The van der Waals surface area contributed by atoms with Crippen molar-refractivity contribution in [3.8, 4) is 0 Å². The van der Waals surface area contributed by atoms with Crippen LogP contribution in [0.4, 0.5) is 0 Å². The summed E-state index contributed by atoms with van der Waals surface area (Å²) < 4.78 is 5.20. The molecule has 1 aliphatic rings. The quantitative estimate of drug-likeness (QED) is 0.820. The van der Waals surface area contributed by atoms with E-state index in [-0.39, 0.29) is 12.5 Å². The van der Waals surface area contributed by atoms with Gasteiger partial charge in [0, 0.05) is 31.6 Å². The predicted molar refractivity (Wildman–Crippen MR) is 73.6 cm³/mol. The van der Waals surface area contributed by atoms with Crippen LogP contribution in [0.25, 0.3) is 0 Å². The van der Waals surface area contributed by atoms with E-state index >= 15 is 0 Å². The molecule has 0 atom stereocenters. The standard InChI is InChI=1S/C13H18N2O4S/c16-11(2-1-10-7-20-9-15-10)14-8-13(12(17)18)3-5-19-6-4-13/h7,9H,1-6,8H2,(H,14,16)(H,17,18). The molecule has 0 saturated carbocycles. The molecule has 2 heterocycles. The number of carbonyl (C=O) groups excluding carboxylic acids is 1. The van der Waals surface area contributed by atoms with E-state index in [1.54, 1.807) is 5.51 Å². The third-order valence-corrected chi connectivity index (χ3v) is 4.25. The normalized spacial score (nSPS) is 17.6. The van der Waals surface area contributed by atoms with Crippen LogP contribution in [0.2, 0.25) is 0 Å². The number of nitrogens with one attached hydrogen (secondary N) is 1. The summed E-state index contributed by atoms with van der Waals surface area (Å²) in [4.78, 5) is 27.3. The number of aliphatic carboxylic acids is 1. The molecule has 0 spiro atoms. The first-order valence-electron chi connectivity index (χ1n) is 6.57. The van der Waals surface area contributed by atoms with Gasteiger partial charge in [0.05, 0.1) is 16.6 Å². The van der Waals surface area contributed by atoms with Gasteiger partial charge in [0.25, 0.3) is 0 Å². The number of ether oxygens (including phenoxy) is 1. The van der Waals surface area contributed by atoms with Gasteiger partial charge in [-0.2, -0.15) is 0 Å². The Labute approximate surface area is 121 Å². The number of carboxylic acid groups (broad SMARTS) is 1. The molecule has 6 nitrogen and oxygen atoms in total. The smallest absolute Gasteiger partial charge is 0.311 e. The van der Waals surface area contributed by atoms with Crippen molar-refractivity contribution in [2.45, 2.75) is 25.7 Å². The van der Waals surface area contributed by atoms with Gasteiger partial charge in [-0.25, -0.2) is 4.98 Å². The summed E-state index contributed by atoms with van der Waals surface area (Å²) in [6, 6.07) is 0. The third-order valence-electron chi connectivity index (χ3n) is 3.62. The van der Waals surface area contributed by atoms with Crippen molar-refractivity contribution in [2.24, 2.45) is 5.41 Å². The van der Waals surface area contributed by atoms with Crippen molar-refractivity contribution >= 4 is 23.2 Å². The predicted octanol–water partition coefficient (Wildman–Crippen LogP) is 1.07. The Hall–Kier alpha value is -1.47. The van der Waals surface area contributed by atoms with Gasteiger partial charge in [-0.3, -0.25) is 9.59 Å². The van der Waals surface area contributed by atoms with Crippen molar-refractivity contribution in [3.05, 3.63) is 16.6 Å². The lowest BCUT2D eigenvalue weighted by molar-refractivity contribution is -0.154. The van der Waals surface area contributed by atoms with E-state index in [1.807, 2.05) is 5.38 Å².